The summed E-state index contributed by atoms with van der Waals surface area (Å²) in [6.45, 7) is 5.79. The van der Waals surface area contributed by atoms with Crippen LogP contribution in [0.15, 0.2) is 0 Å². The van der Waals surface area contributed by atoms with Gasteiger partial charge >= 0.3 is 6.18 Å². The Morgan fingerprint density at radius 1 is 1.20 bits per heavy atom. The van der Waals surface area contributed by atoms with Gasteiger partial charge in [0, 0.05) is 19.8 Å². The molecule has 0 saturated heterocycles. The van der Waals surface area contributed by atoms with Gasteiger partial charge in [0.1, 0.15) is 0 Å². The second-order valence-electron chi connectivity index (χ2n) is 6.00. The Morgan fingerprint density at radius 2 is 1.80 bits per heavy atom. The number of hydrogen-bond acceptors (Lipinski definition) is 2. The number of ether oxygens (including phenoxy) is 1. The van der Waals surface area contributed by atoms with Crippen LogP contribution < -0.4 is 5.32 Å². The Balaban J connectivity index is 2.53. The third kappa shape index (κ3) is 5.24. The van der Waals surface area contributed by atoms with Gasteiger partial charge in [0.25, 0.3) is 0 Å². The first kappa shape index (κ1) is 17.8. The minimum atomic E-state index is -4.01. The highest BCUT2D eigenvalue weighted by Crippen LogP contribution is 2.41. The first-order valence-electron chi connectivity index (χ1n) is 7.69. The minimum absolute atomic E-state index is 0.285. The van der Waals surface area contributed by atoms with E-state index in [-0.39, 0.29) is 12.8 Å². The van der Waals surface area contributed by atoms with E-state index in [1.165, 1.54) is 0 Å². The first-order chi connectivity index (χ1) is 9.40. The number of rotatable bonds is 7. The molecule has 1 aliphatic rings. The van der Waals surface area contributed by atoms with E-state index >= 15 is 0 Å². The molecular weight excluding hydrogens is 267 g/mol. The zero-order valence-electron chi connectivity index (χ0n) is 12.8. The molecule has 1 rings (SSSR count). The smallest absolute Gasteiger partial charge is 0.385 e. The second-order valence-corrected chi connectivity index (χ2v) is 6.00. The summed E-state index contributed by atoms with van der Waals surface area (Å²) < 4.78 is 43.2. The number of hydrogen-bond donors (Lipinski definition) is 1. The van der Waals surface area contributed by atoms with Crippen molar-refractivity contribution in [3.63, 3.8) is 0 Å². The van der Waals surface area contributed by atoms with E-state index in [0.29, 0.717) is 37.3 Å². The molecule has 0 aromatic carbocycles. The zero-order valence-corrected chi connectivity index (χ0v) is 12.8. The van der Waals surface area contributed by atoms with Gasteiger partial charge in [0.05, 0.1) is 5.92 Å². The van der Waals surface area contributed by atoms with Gasteiger partial charge in [-0.25, -0.2) is 0 Å². The van der Waals surface area contributed by atoms with E-state index in [2.05, 4.69) is 19.2 Å². The molecule has 1 fully saturated rings. The molecule has 0 aromatic heterocycles. The topological polar surface area (TPSA) is 21.3 Å². The van der Waals surface area contributed by atoms with Gasteiger partial charge in [-0.15, -0.1) is 0 Å². The number of alkyl halides is 3. The molecule has 20 heavy (non-hydrogen) atoms. The molecule has 0 heterocycles. The van der Waals surface area contributed by atoms with Crippen LogP contribution in [0, 0.1) is 17.8 Å². The fourth-order valence-electron chi connectivity index (χ4n) is 3.36. The molecule has 1 saturated carbocycles. The van der Waals surface area contributed by atoms with E-state index in [0.717, 1.165) is 13.0 Å². The van der Waals surface area contributed by atoms with Crippen LogP contribution in [0.3, 0.4) is 0 Å². The average Bonchev–Trinajstić information content (AvgIpc) is 2.41. The maximum atomic E-state index is 12.7. The quantitative estimate of drug-likeness (QED) is 0.766. The SMILES string of the molecule is CCNC(C(C)CCOC)C1CCC(C(F)(F)F)CC1. The standard InChI is InChI=1S/C15H28F3NO/c1-4-19-14(11(2)9-10-20-3)12-5-7-13(8-6-12)15(16,17)18/h11-14,19H,4-10H2,1-3H3. The van der Waals surface area contributed by atoms with Gasteiger partial charge in [-0.05, 0) is 50.5 Å². The molecule has 5 heteroatoms. The normalized spacial score (nSPS) is 27.3. The van der Waals surface area contributed by atoms with Crippen molar-refractivity contribution in [3.8, 4) is 0 Å². The zero-order chi connectivity index (χ0) is 15.2. The summed E-state index contributed by atoms with van der Waals surface area (Å²) in [7, 11) is 1.68. The van der Waals surface area contributed by atoms with Crippen LogP contribution in [0.5, 0.6) is 0 Å². The van der Waals surface area contributed by atoms with Crippen LogP contribution in [0.1, 0.15) is 46.0 Å². The van der Waals surface area contributed by atoms with Crippen LogP contribution in [0.25, 0.3) is 0 Å². The van der Waals surface area contributed by atoms with Gasteiger partial charge in [-0.3, -0.25) is 0 Å². The van der Waals surface area contributed by atoms with Crippen LogP contribution in [-0.2, 0) is 4.74 Å². The van der Waals surface area contributed by atoms with Crippen molar-refractivity contribution < 1.29 is 17.9 Å². The number of halogens is 3. The molecule has 0 radical (unpaired) electrons. The van der Waals surface area contributed by atoms with E-state index in [1.807, 2.05) is 0 Å². The van der Waals surface area contributed by atoms with Crippen molar-refractivity contribution in [3.05, 3.63) is 0 Å². The number of nitrogens with one attached hydrogen (secondary N) is 1. The molecule has 1 aliphatic carbocycles. The van der Waals surface area contributed by atoms with Crippen molar-refractivity contribution >= 4 is 0 Å². The van der Waals surface area contributed by atoms with Crippen molar-refractivity contribution in [2.75, 3.05) is 20.3 Å². The van der Waals surface area contributed by atoms with Gasteiger partial charge < -0.3 is 10.1 Å². The monoisotopic (exact) mass is 295 g/mol. The highest BCUT2D eigenvalue weighted by molar-refractivity contribution is 4.86. The van der Waals surface area contributed by atoms with Crippen molar-refractivity contribution in [1.82, 2.24) is 5.32 Å². The fraction of sp³-hybridized carbons (Fsp3) is 1.00. The van der Waals surface area contributed by atoms with Crippen molar-refractivity contribution in [2.45, 2.75) is 58.2 Å². The van der Waals surface area contributed by atoms with Gasteiger partial charge in [-0.2, -0.15) is 13.2 Å². The summed E-state index contributed by atoms with van der Waals surface area (Å²) in [6, 6.07) is 0.310. The predicted molar refractivity (Wildman–Crippen MR) is 74.6 cm³/mol. The highest BCUT2D eigenvalue weighted by Gasteiger charge is 2.42. The Hall–Kier alpha value is -0.290. The third-order valence-electron chi connectivity index (χ3n) is 4.57. The predicted octanol–water partition coefficient (Wildman–Crippen LogP) is 4.01. The lowest BCUT2D eigenvalue weighted by Crippen LogP contribution is -2.44. The van der Waals surface area contributed by atoms with Crippen molar-refractivity contribution in [2.24, 2.45) is 17.8 Å². The van der Waals surface area contributed by atoms with Crippen LogP contribution in [0.2, 0.25) is 0 Å². The molecule has 1 N–H and O–H groups in total. The Bertz CT molecular complexity index is 262. The Morgan fingerprint density at radius 3 is 2.25 bits per heavy atom. The van der Waals surface area contributed by atoms with Gasteiger partial charge in [0.2, 0.25) is 0 Å². The molecule has 0 amide bonds. The fourth-order valence-corrected chi connectivity index (χ4v) is 3.36. The average molecular weight is 295 g/mol. The van der Waals surface area contributed by atoms with E-state index in [9.17, 15) is 13.2 Å². The molecule has 2 atom stereocenters. The van der Waals surface area contributed by atoms with Crippen LogP contribution in [-0.4, -0.2) is 32.5 Å². The van der Waals surface area contributed by atoms with E-state index < -0.39 is 12.1 Å². The van der Waals surface area contributed by atoms with Gasteiger partial charge in [-0.1, -0.05) is 13.8 Å². The molecule has 2 nitrogen and oxygen atoms in total. The van der Waals surface area contributed by atoms with E-state index in [4.69, 9.17) is 4.74 Å². The minimum Gasteiger partial charge on any atom is -0.385 e. The molecule has 0 aromatic rings. The van der Waals surface area contributed by atoms with E-state index in [1.54, 1.807) is 7.11 Å². The number of methoxy groups -OCH3 is 1. The Kier molecular flexibility index (Phi) is 7.30. The molecule has 0 spiro atoms. The van der Waals surface area contributed by atoms with Crippen molar-refractivity contribution in [1.29, 1.82) is 0 Å². The summed E-state index contributed by atoms with van der Waals surface area (Å²) in [4.78, 5) is 0. The molecule has 0 aliphatic heterocycles. The Labute approximate surface area is 120 Å². The lowest BCUT2D eigenvalue weighted by Gasteiger charge is -2.37. The highest BCUT2D eigenvalue weighted by atomic mass is 19.4. The lowest BCUT2D eigenvalue weighted by atomic mass is 9.74. The molecular formula is C15H28F3NO. The van der Waals surface area contributed by atoms with Crippen LogP contribution in [0.4, 0.5) is 13.2 Å². The third-order valence-corrected chi connectivity index (χ3v) is 4.57. The summed E-state index contributed by atoms with van der Waals surface area (Å²) >= 11 is 0. The molecule has 0 bridgehead atoms. The van der Waals surface area contributed by atoms with Crippen LogP contribution >= 0.6 is 0 Å². The summed E-state index contributed by atoms with van der Waals surface area (Å²) in [6.07, 6.45) is -1.13. The summed E-state index contributed by atoms with van der Waals surface area (Å²) in [5.41, 5.74) is 0. The largest absolute Gasteiger partial charge is 0.391 e. The first-order valence-corrected chi connectivity index (χ1v) is 7.69. The maximum absolute atomic E-state index is 12.7. The molecule has 120 valence electrons. The maximum Gasteiger partial charge on any atom is 0.391 e. The summed E-state index contributed by atoms with van der Waals surface area (Å²) in [5.74, 6) is -0.293. The van der Waals surface area contributed by atoms with Gasteiger partial charge in [0.15, 0.2) is 0 Å². The lowest BCUT2D eigenvalue weighted by molar-refractivity contribution is -0.184. The molecule has 2 unspecified atom stereocenters. The second kappa shape index (κ2) is 8.23. The summed E-state index contributed by atoms with van der Waals surface area (Å²) in [5, 5.41) is 3.48.